The monoisotopic (exact) mass is 222 g/mol. The zero-order valence-electron chi connectivity index (χ0n) is 9.77. The van der Waals surface area contributed by atoms with E-state index in [1.807, 2.05) is 24.3 Å². The summed E-state index contributed by atoms with van der Waals surface area (Å²) >= 11 is 0. The predicted octanol–water partition coefficient (Wildman–Crippen LogP) is 0.655. The van der Waals surface area contributed by atoms with Gasteiger partial charge in [-0.05, 0) is 6.07 Å². The van der Waals surface area contributed by atoms with E-state index in [2.05, 4.69) is 0 Å². The molecule has 0 aliphatic rings. The second kappa shape index (κ2) is 6.12. The molecule has 1 aromatic carbocycles. The Bertz CT molecular complexity index is 353. The van der Waals surface area contributed by atoms with E-state index in [0.29, 0.717) is 19.5 Å². The highest BCUT2D eigenvalue weighted by Crippen LogP contribution is 2.18. The van der Waals surface area contributed by atoms with Gasteiger partial charge in [0.2, 0.25) is 5.91 Å². The van der Waals surface area contributed by atoms with E-state index in [1.54, 1.807) is 19.1 Å². The van der Waals surface area contributed by atoms with Gasteiger partial charge in [0.25, 0.3) is 0 Å². The van der Waals surface area contributed by atoms with Gasteiger partial charge in [-0.15, -0.1) is 0 Å². The van der Waals surface area contributed by atoms with E-state index in [1.165, 1.54) is 0 Å². The number of methoxy groups -OCH3 is 1. The SMILES string of the molecule is COc1ccccc1CC(=O)N(C)CCN. The maximum Gasteiger partial charge on any atom is 0.226 e. The molecule has 4 nitrogen and oxygen atoms in total. The number of carbonyl (C=O) groups excluding carboxylic acids is 1. The summed E-state index contributed by atoms with van der Waals surface area (Å²) in [4.78, 5) is 13.4. The van der Waals surface area contributed by atoms with Gasteiger partial charge in [-0.2, -0.15) is 0 Å². The van der Waals surface area contributed by atoms with E-state index in [4.69, 9.17) is 10.5 Å². The molecule has 0 saturated heterocycles. The number of nitrogens with two attached hydrogens (primary N) is 1. The van der Waals surface area contributed by atoms with Crippen LogP contribution in [0.15, 0.2) is 24.3 Å². The minimum atomic E-state index is 0.0509. The zero-order chi connectivity index (χ0) is 12.0. The van der Waals surface area contributed by atoms with Crippen LogP contribution in [-0.4, -0.2) is 38.1 Å². The number of hydrogen-bond acceptors (Lipinski definition) is 3. The molecule has 88 valence electrons. The smallest absolute Gasteiger partial charge is 0.226 e. The lowest BCUT2D eigenvalue weighted by atomic mass is 10.1. The van der Waals surface area contributed by atoms with Crippen LogP contribution < -0.4 is 10.5 Å². The third kappa shape index (κ3) is 3.24. The number of benzene rings is 1. The molecule has 0 unspecified atom stereocenters. The van der Waals surface area contributed by atoms with Gasteiger partial charge in [0.1, 0.15) is 5.75 Å². The Morgan fingerprint density at radius 3 is 2.75 bits per heavy atom. The summed E-state index contributed by atoms with van der Waals surface area (Å²) in [7, 11) is 3.36. The highest BCUT2D eigenvalue weighted by atomic mass is 16.5. The lowest BCUT2D eigenvalue weighted by Crippen LogP contribution is -2.32. The third-order valence-electron chi connectivity index (χ3n) is 2.42. The third-order valence-corrected chi connectivity index (χ3v) is 2.42. The largest absolute Gasteiger partial charge is 0.496 e. The minimum absolute atomic E-state index is 0.0509. The van der Waals surface area contributed by atoms with Crippen LogP contribution in [0, 0.1) is 0 Å². The summed E-state index contributed by atoms with van der Waals surface area (Å²) < 4.78 is 5.19. The Hall–Kier alpha value is -1.55. The molecule has 0 fully saturated rings. The van der Waals surface area contributed by atoms with Crippen LogP contribution >= 0.6 is 0 Å². The number of para-hydroxylation sites is 1. The Labute approximate surface area is 96.0 Å². The van der Waals surface area contributed by atoms with Gasteiger partial charge < -0.3 is 15.4 Å². The number of likely N-dealkylation sites (N-methyl/N-ethyl adjacent to an activating group) is 1. The molecule has 1 amide bonds. The van der Waals surface area contributed by atoms with Crippen LogP contribution in [0.1, 0.15) is 5.56 Å². The van der Waals surface area contributed by atoms with Crippen LogP contribution in [-0.2, 0) is 11.2 Å². The van der Waals surface area contributed by atoms with Crippen molar-refractivity contribution in [2.75, 3.05) is 27.2 Å². The average Bonchev–Trinajstić information content (AvgIpc) is 2.30. The molecular weight excluding hydrogens is 204 g/mol. The van der Waals surface area contributed by atoms with Gasteiger partial charge in [-0.3, -0.25) is 4.79 Å². The van der Waals surface area contributed by atoms with Crippen LogP contribution in [0.25, 0.3) is 0 Å². The van der Waals surface area contributed by atoms with Gasteiger partial charge in [-0.1, -0.05) is 18.2 Å². The molecule has 0 heterocycles. The fourth-order valence-corrected chi connectivity index (χ4v) is 1.47. The van der Waals surface area contributed by atoms with Crippen molar-refractivity contribution >= 4 is 5.91 Å². The lowest BCUT2D eigenvalue weighted by Gasteiger charge is -2.16. The maximum absolute atomic E-state index is 11.8. The molecule has 0 aromatic heterocycles. The first kappa shape index (κ1) is 12.5. The van der Waals surface area contributed by atoms with Crippen molar-refractivity contribution in [3.8, 4) is 5.75 Å². The normalized spacial score (nSPS) is 9.94. The molecule has 0 radical (unpaired) electrons. The molecule has 1 rings (SSSR count). The Kier molecular flexibility index (Phi) is 4.79. The van der Waals surface area contributed by atoms with Crippen molar-refractivity contribution in [1.29, 1.82) is 0 Å². The lowest BCUT2D eigenvalue weighted by molar-refractivity contribution is -0.129. The molecule has 0 saturated carbocycles. The predicted molar refractivity (Wildman–Crippen MR) is 63.4 cm³/mol. The highest BCUT2D eigenvalue weighted by Gasteiger charge is 2.11. The summed E-state index contributed by atoms with van der Waals surface area (Å²) in [5.74, 6) is 0.798. The Morgan fingerprint density at radius 2 is 2.12 bits per heavy atom. The minimum Gasteiger partial charge on any atom is -0.496 e. The number of nitrogens with zero attached hydrogens (tertiary/aromatic N) is 1. The zero-order valence-corrected chi connectivity index (χ0v) is 9.77. The molecule has 0 spiro atoms. The second-order valence-electron chi connectivity index (χ2n) is 3.59. The van der Waals surface area contributed by atoms with Crippen LogP contribution in [0.4, 0.5) is 0 Å². The first-order valence-corrected chi connectivity index (χ1v) is 5.25. The molecule has 0 atom stereocenters. The second-order valence-corrected chi connectivity index (χ2v) is 3.59. The molecule has 2 N–H and O–H groups in total. The molecule has 0 aliphatic carbocycles. The molecule has 16 heavy (non-hydrogen) atoms. The molecular formula is C12H18N2O2. The molecule has 4 heteroatoms. The van der Waals surface area contributed by atoms with E-state index in [-0.39, 0.29) is 5.91 Å². The van der Waals surface area contributed by atoms with Crippen molar-refractivity contribution < 1.29 is 9.53 Å². The van der Waals surface area contributed by atoms with Gasteiger partial charge in [0.15, 0.2) is 0 Å². The Morgan fingerprint density at radius 1 is 1.44 bits per heavy atom. The number of hydrogen-bond donors (Lipinski definition) is 1. The topological polar surface area (TPSA) is 55.6 Å². The van der Waals surface area contributed by atoms with E-state index in [0.717, 1.165) is 11.3 Å². The van der Waals surface area contributed by atoms with Gasteiger partial charge in [0.05, 0.1) is 13.5 Å². The fraction of sp³-hybridized carbons (Fsp3) is 0.417. The number of amides is 1. The quantitative estimate of drug-likeness (QED) is 0.796. The van der Waals surface area contributed by atoms with Crippen LogP contribution in [0.2, 0.25) is 0 Å². The van der Waals surface area contributed by atoms with Crippen LogP contribution in [0.5, 0.6) is 5.75 Å². The summed E-state index contributed by atoms with van der Waals surface area (Å²) in [5.41, 5.74) is 6.30. The van der Waals surface area contributed by atoms with Crippen molar-refractivity contribution in [2.24, 2.45) is 5.73 Å². The highest BCUT2D eigenvalue weighted by molar-refractivity contribution is 5.79. The first-order chi connectivity index (χ1) is 7.69. The van der Waals surface area contributed by atoms with Crippen LogP contribution in [0.3, 0.4) is 0 Å². The van der Waals surface area contributed by atoms with Crippen molar-refractivity contribution in [3.63, 3.8) is 0 Å². The molecule has 1 aromatic rings. The van der Waals surface area contributed by atoms with E-state index >= 15 is 0 Å². The number of rotatable bonds is 5. The number of ether oxygens (including phenoxy) is 1. The first-order valence-electron chi connectivity index (χ1n) is 5.25. The summed E-state index contributed by atoms with van der Waals surface area (Å²) in [6.45, 7) is 1.06. The molecule has 0 bridgehead atoms. The standard InChI is InChI=1S/C12H18N2O2/c1-14(8-7-13)12(15)9-10-5-3-4-6-11(10)16-2/h3-6H,7-9,13H2,1-2H3. The van der Waals surface area contributed by atoms with E-state index in [9.17, 15) is 4.79 Å². The summed E-state index contributed by atoms with van der Waals surface area (Å²) in [5, 5.41) is 0. The average molecular weight is 222 g/mol. The Balaban J connectivity index is 2.69. The van der Waals surface area contributed by atoms with Gasteiger partial charge in [0, 0.05) is 25.7 Å². The summed E-state index contributed by atoms with van der Waals surface area (Å²) in [6, 6.07) is 7.53. The van der Waals surface area contributed by atoms with Gasteiger partial charge >= 0.3 is 0 Å². The number of carbonyl (C=O) groups is 1. The molecule has 0 aliphatic heterocycles. The van der Waals surface area contributed by atoms with Crippen molar-refractivity contribution in [3.05, 3.63) is 29.8 Å². The summed E-state index contributed by atoms with van der Waals surface area (Å²) in [6.07, 6.45) is 0.348. The fourth-order valence-electron chi connectivity index (χ4n) is 1.47. The van der Waals surface area contributed by atoms with E-state index < -0.39 is 0 Å². The van der Waals surface area contributed by atoms with Crippen molar-refractivity contribution in [2.45, 2.75) is 6.42 Å². The van der Waals surface area contributed by atoms with Crippen molar-refractivity contribution in [1.82, 2.24) is 4.90 Å². The van der Waals surface area contributed by atoms with Gasteiger partial charge in [-0.25, -0.2) is 0 Å². The maximum atomic E-state index is 11.8.